The first kappa shape index (κ1) is 12.5. The van der Waals surface area contributed by atoms with Gasteiger partial charge in [-0.15, -0.1) is 0 Å². The fourth-order valence-electron chi connectivity index (χ4n) is 1.53. The van der Waals surface area contributed by atoms with Crippen molar-refractivity contribution >= 4 is 17.8 Å². The van der Waals surface area contributed by atoms with Crippen molar-refractivity contribution in [1.82, 2.24) is 0 Å². The SMILES string of the molecule is N#Cc1ccc(C=Nc2cccc(C(N)=O)c2)cc1. The molecule has 0 aliphatic carbocycles. The van der Waals surface area contributed by atoms with E-state index in [1.807, 2.05) is 0 Å². The third-order valence-corrected chi connectivity index (χ3v) is 2.53. The van der Waals surface area contributed by atoms with E-state index in [0.717, 1.165) is 5.56 Å². The molecule has 4 nitrogen and oxygen atoms in total. The number of hydrogen-bond donors (Lipinski definition) is 1. The highest BCUT2D eigenvalue weighted by Crippen LogP contribution is 2.14. The number of benzene rings is 2. The van der Waals surface area contributed by atoms with E-state index in [9.17, 15) is 4.79 Å². The molecule has 1 amide bonds. The molecule has 19 heavy (non-hydrogen) atoms. The molecular weight excluding hydrogens is 238 g/mol. The summed E-state index contributed by atoms with van der Waals surface area (Å²) in [5.41, 5.74) is 7.76. The van der Waals surface area contributed by atoms with E-state index in [1.54, 1.807) is 54.7 Å². The van der Waals surface area contributed by atoms with Crippen LogP contribution < -0.4 is 5.73 Å². The van der Waals surface area contributed by atoms with Gasteiger partial charge in [0.05, 0.1) is 17.3 Å². The van der Waals surface area contributed by atoms with E-state index in [0.29, 0.717) is 16.8 Å². The molecule has 92 valence electrons. The van der Waals surface area contributed by atoms with Gasteiger partial charge in [-0.3, -0.25) is 9.79 Å². The minimum absolute atomic E-state index is 0.425. The van der Waals surface area contributed by atoms with E-state index in [1.165, 1.54) is 0 Å². The molecule has 2 rings (SSSR count). The number of nitrogens with zero attached hydrogens (tertiary/aromatic N) is 2. The molecule has 0 aliphatic rings. The predicted octanol–water partition coefficient (Wildman–Crippen LogP) is 2.41. The Kier molecular flexibility index (Phi) is 3.70. The van der Waals surface area contributed by atoms with E-state index in [2.05, 4.69) is 11.1 Å². The second-order valence-electron chi connectivity index (χ2n) is 3.91. The Hall–Kier alpha value is -2.93. The van der Waals surface area contributed by atoms with Gasteiger partial charge in [0.2, 0.25) is 5.91 Å². The largest absolute Gasteiger partial charge is 0.366 e. The predicted molar refractivity (Wildman–Crippen MR) is 73.4 cm³/mol. The van der Waals surface area contributed by atoms with Crippen molar-refractivity contribution < 1.29 is 4.79 Å². The van der Waals surface area contributed by atoms with Gasteiger partial charge in [0.1, 0.15) is 0 Å². The van der Waals surface area contributed by atoms with Gasteiger partial charge in [-0.25, -0.2) is 0 Å². The summed E-state index contributed by atoms with van der Waals surface area (Å²) in [6.45, 7) is 0. The maximum Gasteiger partial charge on any atom is 0.248 e. The molecular formula is C15H11N3O. The van der Waals surface area contributed by atoms with Gasteiger partial charge in [0.25, 0.3) is 0 Å². The number of nitrogens with two attached hydrogens (primary N) is 1. The fraction of sp³-hybridized carbons (Fsp3) is 0. The zero-order valence-corrected chi connectivity index (χ0v) is 10.1. The number of carbonyl (C=O) groups excluding carboxylic acids is 1. The zero-order chi connectivity index (χ0) is 13.7. The molecule has 0 saturated heterocycles. The first-order valence-corrected chi connectivity index (χ1v) is 5.63. The second kappa shape index (κ2) is 5.61. The minimum Gasteiger partial charge on any atom is -0.366 e. The Balaban J connectivity index is 2.20. The Labute approximate surface area is 110 Å². The van der Waals surface area contributed by atoms with Crippen LogP contribution in [0, 0.1) is 11.3 Å². The normalized spacial score (nSPS) is 10.3. The van der Waals surface area contributed by atoms with E-state index < -0.39 is 5.91 Å². The number of hydrogen-bond acceptors (Lipinski definition) is 3. The van der Waals surface area contributed by atoms with Crippen LogP contribution in [0.4, 0.5) is 5.69 Å². The fourth-order valence-corrected chi connectivity index (χ4v) is 1.53. The number of nitriles is 1. The molecule has 0 saturated carbocycles. The van der Waals surface area contributed by atoms with Gasteiger partial charge in [-0.1, -0.05) is 18.2 Å². The van der Waals surface area contributed by atoms with Gasteiger partial charge in [0.15, 0.2) is 0 Å². The van der Waals surface area contributed by atoms with Crippen molar-refractivity contribution in [2.45, 2.75) is 0 Å². The summed E-state index contributed by atoms with van der Waals surface area (Å²) in [6.07, 6.45) is 1.67. The lowest BCUT2D eigenvalue weighted by Gasteiger charge is -1.97. The smallest absolute Gasteiger partial charge is 0.248 e. The highest BCUT2D eigenvalue weighted by Gasteiger charge is 1.99. The van der Waals surface area contributed by atoms with Crippen LogP contribution in [-0.2, 0) is 0 Å². The average molecular weight is 249 g/mol. The molecule has 4 heteroatoms. The molecule has 0 atom stereocenters. The van der Waals surface area contributed by atoms with Crippen molar-refractivity contribution in [3.05, 3.63) is 65.2 Å². The molecule has 0 heterocycles. The van der Waals surface area contributed by atoms with Crippen LogP contribution >= 0.6 is 0 Å². The molecule has 2 N–H and O–H groups in total. The molecule has 0 aliphatic heterocycles. The summed E-state index contributed by atoms with van der Waals surface area (Å²) in [5.74, 6) is -0.476. The quantitative estimate of drug-likeness (QED) is 0.847. The third-order valence-electron chi connectivity index (χ3n) is 2.53. The molecule has 0 unspecified atom stereocenters. The average Bonchev–Trinajstić information content (AvgIpc) is 2.46. The monoisotopic (exact) mass is 249 g/mol. The van der Waals surface area contributed by atoms with E-state index >= 15 is 0 Å². The van der Waals surface area contributed by atoms with Crippen molar-refractivity contribution in [1.29, 1.82) is 5.26 Å². The van der Waals surface area contributed by atoms with Crippen LogP contribution in [0.1, 0.15) is 21.5 Å². The van der Waals surface area contributed by atoms with Crippen molar-refractivity contribution in [3.63, 3.8) is 0 Å². The summed E-state index contributed by atoms with van der Waals surface area (Å²) in [6, 6.07) is 15.9. The molecule has 0 radical (unpaired) electrons. The molecule has 2 aromatic rings. The number of aliphatic imine (C=N–C) groups is 1. The lowest BCUT2D eigenvalue weighted by Crippen LogP contribution is -2.10. The van der Waals surface area contributed by atoms with Crippen LogP contribution in [-0.4, -0.2) is 12.1 Å². The summed E-state index contributed by atoms with van der Waals surface area (Å²) in [7, 11) is 0. The summed E-state index contributed by atoms with van der Waals surface area (Å²) in [4.78, 5) is 15.3. The van der Waals surface area contributed by atoms with E-state index in [4.69, 9.17) is 11.0 Å². The van der Waals surface area contributed by atoms with Gasteiger partial charge >= 0.3 is 0 Å². The second-order valence-corrected chi connectivity index (χ2v) is 3.91. The number of carbonyl (C=O) groups is 1. The molecule has 0 bridgehead atoms. The minimum atomic E-state index is -0.476. The molecule has 0 spiro atoms. The van der Waals surface area contributed by atoms with Gasteiger partial charge < -0.3 is 5.73 Å². The Morgan fingerprint density at radius 1 is 1.21 bits per heavy atom. The summed E-state index contributed by atoms with van der Waals surface area (Å²) < 4.78 is 0. The highest BCUT2D eigenvalue weighted by atomic mass is 16.1. The van der Waals surface area contributed by atoms with Gasteiger partial charge in [-0.2, -0.15) is 5.26 Å². The van der Waals surface area contributed by atoms with E-state index in [-0.39, 0.29) is 0 Å². The Bertz CT molecular complexity index is 667. The molecule has 0 fully saturated rings. The molecule has 2 aromatic carbocycles. The van der Waals surface area contributed by atoms with Crippen LogP contribution in [0.2, 0.25) is 0 Å². The van der Waals surface area contributed by atoms with Crippen LogP contribution in [0.5, 0.6) is 0 Å². The maximum atomic E-state index is 11.0. The lowest BCUT2D eigenvalue weighted by molar-refractivity contribution is 0.100. The number of amides is 1. The highest BCUT2D eigenvalue weighted by molar-refractivity contribution is 5.93. The summed E-state index contributed by atoms with van der Waals surface area (Å²) >= 11 is 0. The molecule has 0 aromatic heterocycles. The van der Waals surface area contributed by atoms with Crippen molar-refractivity contribution in [3.8, 4) is 6.07 Å². The van der Waals surface area contributed by atoms with Crippen LogP contribution in [0.15, 0.2) is 53.5 Å². The maximum absolute atomic E-state index is 11.0. The third kappa shape index (κ3) is 3.27. The number of rotatable bonds is 3. The summed E-state index contributed by atoms with van der Waals surface area (Å²) in [5, 5.41) is 8.69. The Morgan fingerprint density at radius 2 is 1.95 bits per heavy atom. The number of primary amides is 1. The standard InChI is InChI=1S/C15H11N3O/c16-9-11-4-6-12(7-5-11)10-18-14-3-1-2-13(8-14)15(17)19/h1-8,10H,(H2,17,19). The topological polar surface area (TPSA) is 79.2 Å². The Morgan fingerprint density at radius 3 is 2.58 bits per heavy atom. The zero-order valence-electron chi connectivity index (χ0n) is 10.1. The van der Waals surface area contributed by atoms with Crippen molar-refractivity contribution in [2.24, 2.45) is 10.7 Å². The lowest BCUT2D eigenvalue weighted by atomic mass is 10.1. The van der Waals surface area contributed by atoms with Crippen LogP contribution in [0.3, 0.4) is 0 Å². The first-order chi connectivity index (χ1) is 9.19. The van der Waals surface area contributed by atoms with Gasteiger partial charge in [0, 0.05) is 11.8 Å². The first-order valence-electron chi connectivity index (χ1n) is 5.63. The van der Waals surface area contributed by atoms with Crippen molar-refractivity contribution in [2.75, 3.05) is 0 Å². The van der Waals surface area contributed by atoms with Crippen LogP contribution in [0.25, 0.3) is 0 Å². The van der Waals surface area contributed by atoms with Gasteiger partial charge in [-0.05, 0) is 35.9 Å².